The fraction of sp³-hybridized carbons (Fsp3) is 0.750. The van der Waals surface area contributed by atoms with Crippen LogP contribution in [0.3, 0.4) is 0 Å². The number of aryl methyl sites for hydroxylation is 1. The normalized spacial score (nSPS) is 23.1. The van der Waals surface area contributed by atoms with E-state index in [0.29, 0.717) is 11.3 Å². The fourth-order valence-electron chi connectivity index (χ4n) is 3.50. The van der Waals surface area contributed by atoms with Crippen molar-refractivity contribution in [1.82, 2.24) is 9.97 Å². The zero-order chi connectivity index (χ0) is 13.5. The van der Waals surface area contributed by atoms with Crippen molar-refractivity contribution in [2.75, 3.05) is 0 Å². The predicted octanol–water partition coefficient (Wildman–Crippen LogP) is 4.70. The average Bonchev–Trinajstić information content (AvgIpc) is 2.38. The van der Waals surface area contributed by atoms with Crippen LogP contribution >= 0.6 is 12.2 Å². The first-order chi connectivity index (χ1) is 9.05. The highest BCUT2D eigenvalue weighted by atomic mass is 32.1. The van der Waals surface area contributed by atoms with E-state index in [0.717, 1.165) is 17.5 Å². The third-order valence-corrected chi connectivity index (χ3v) is 5.29. The Morgan fingerprint density at radius 2 is 1.84 bits per heavy atom. The Morgan fingerprint density at radius 3 is 2.58 bits per heavy atom. The number of aromatic nitrogens is 2. The highest BCUT2D eigenvalue weighted by Crippen LogP contribution is 2.41. The van der Waals surface area contributed by atoms with Crippen LogP contribution in [0.1, 0.15) is 75.4 Å². The molecule has 0 spiro atoms. The molecule has 3 rings (SSSR count). The minimum atomic E-state index is 0.515. The second-order valence-electron chi connectivity index (χ2n) is 7.03. The van der Waals surface area contributed by atoms with Gasteiger partial charge in [-0.05, 0) is 56.8 Å². The van der Waals surface area contributed by atoms with Crippen LogP contribution in [0.25, 0.3) is 0 Å². The molecule has 0 atom stereocenters. The lowest BCUT2D eigenvalue weighted by Gasteiger charge is -2.34. The Bertz CT molecular complexity index is 520. The standard InChI is InChI=1S/C16H24N2S/c1-16(2)9-7-11(8-10-16)14-17-13-6-4-3-5-12(13)15(19)18-14/h11H,3-10H2,1-2H3,(H,17,18,19). The maximum atomic E-state index is 5.51. The van der Waals surface area contributed by atoms with Gasteiger partial charge in [-0.3, -0.25) is 0 Å². The van der Waals surface area contributed by atoms with E-state index in [1.54, 1.807) is 0 Å². The molecule has 0 bridgehead atoms. The molecule has 0 saturated heterocycles. The Balaban J connectivity index is 1.86. The zero-order valence-electron chi connectivity index (χ0n) is 12.1. The molecule has 0 radical (unpaired) electrons. The summed E-state index contributed by atoms with van der Waals surface area (Å²) in [6, 6.07) is 0. The summed E-state index contributed by atoms with van der Waals surface area (Å²) in [5.74, 6) is 1.77. The van der Waals surface area contributed by atoms with E-state index < -0.39 is 0 Å². The third-order valence-electron chi connectivity index (χ3n) is 4.95. The first-order valence-corrected chi connectivity index (χ1v) is 8.08. The van der Waals surface area contributed by atoms with Crippen molar-refractivity contribution in [3.05, 3.63) is 21.7 Å². The Hall–Kier alpha value is -0.700. The Labute approximate surface area is 121 Å². The first-order valence-electron chi connectivity index (χ1n) is 7.67. The van der Waals surface area contributed by atoms with Crippen molar-refractivity contribution in [1.29, 1.82) is 0 Å². The van der Waals surface area contributed by atoms with E-state index in [9.17, 15) is 0 Å². The minimum Gasteiger partial charge on any atom is -0.347 e. The quantitative estimate of drug-likeness (QED) is 0.753. The molecule has 3 heteroatoms. The molecule has 1 N–H and O–H groups in total. The van der Waals surface area contributed by atoms with Crippen molar-refractivity contribution in [2.24, 2.45) is 5.41 Å². The summed E-state index contributed by atoms with van der Waals surface area (Å²) in [6.07, 6.45) is 9.95. The van der Waals surface area contributed by atoms with Crippen molar-refractivity contribution in [3.8, 4) is 0 Å². The molecule has 1 aromatic rings. The first kappa shape index (κ1) is 13.3. The maximum Gasteiger partial charge on any atom is 0.133 e. The molecule has 2 aliphatic carbocycles. The van der Waals surface area contributed by atoms with Gasteiger partial charge in [-0.1, -0.05) is 26.1 Å². The van der Waals surface area contributed by atoms with Crippen molar-refractivity contribution in [2.45, 2.75) is 71.1 Å². The summed E-state index contributed by atoms with van der Waals surface area (Å²) in [7, 11) is 0. The van der Waals surface area contributed by atoms with Gasteiger partial charge < -0.3 is 4.98 Å². The molecule has 104 valence electrons. The smallest absolute Gasteiger partial charge is 0.133 e. The number of nitrogens with zero attached hydrogens (tertiary/aromatic N) is 1. The van der Waals surface area contributed by atoms with Crippen LogP contribution in [0.15, 0.2) is 0 Å². The van der Waals surface area contributed by atoms with Gasteiger partial charge in [0.25, 0.3) is 0 Å². The van der Waals surface area contributed by atoms with Crippen LogP contribution in [-0.2, 0) is 12.8 Å². The van der Waals surface area contributed by atoms with Crippen molar-refractivity contribution in [3.63, 3.8) is 0 Å². The van der Waals surface area contributed by atoms with E-state index in [-0.39, 0.29) is 0 Å². The van der Waals surface area contributed by atoms with Crippen molar-refractivity contribution < 1.29 is 0 Å². The summed E-state index contributed by atoms with van der Waals surface area (Å²) in [5, 5.41) is 0. The van der Waals surface area contributed by atoms with E-state index in [2.05, 4.69) is 18.8 Å². The SMILES string of the molecule is CC1(C)CCC(c2nc(=S)c3c([nH]2)CCCC3)CC1. The fourth-order valence-corrected chi connectivity index (χ4v) is 3.83. The summed E-state index contributed by atoms with van der Waals surface area (Å²) in [6.45, 7) is 4.76. The van der Waals surface area contributed by atoms with Gasteiger partial charge in [0.15, 0.2) is 0 Å². The molecule has 0 aromatic carbocycles. The van der Waals surface area contributed by atoms with Gasteiger partial charge >= 0.3 is 0 Å². The predicted molar refractivity (Wildman–Crippen MR) is 81.1 cm³/mol. The Kier molecular flexibility index (Phi) is 3.50. The number of hydrogen-bond acceptors (Lipinski definition) is 2. The number of H-pyrrole nitrogens is 1. The molecule has 2 aliphatic rings. The van der Waals surface area contributed by atoms with Crippen LogP contribution in [0.2, 0.25) is 0 Å². The maximum absolute atomic E-state index is 5.51. The second-order valence-corrected chi connectivity index (χ2v) is 7.42. The molecule has 1 heterocycles. The molecular formula is C16H24N2S. The molecule has 0 amide bonds. The van der Waals surface area contributed by atoms with Crippen LogP contribution in [0.4, 0.5) is 0 Å². The van der Waals surface area contributed by atoms with E-state index in [1.165, 1.54) is 55.6 Å². The lowest BCUT2D eigenvalue weighted by atomic mass is 9.73. The summed E-state index contributed by atoms with van der Waals surface area (Å²) in [4.78, 5) is 8.34. The van der Waals surface area contributed by atoms with E-state index in [4.69, 9.17) is 17.2 Å². The minimum absolute atomic E-state index is 0.515. The van der Waals surface area contributed by atoms with Crippen LogP contribution < -0.4 is 0 Å². The van der Waals surface area contributed by atoms with E-state index >= 15 is 0 Å². The molecule has 1 saturated carbocycles. The number of nitrogens with one attached hydrogen (secondary N) is 1. The monoisotopic (exact) mass is 276 g/mol. The highest BCUT2D eigenvalue weighted by Gasteiger charge is 2.29. The number of hydrogen-bond donors (Lipinski definition) is 1. The number of aromatic amines is 1. The van der Waals surface area contributed by atoms with Gasteiger partial charge in [0.1, 0.15) is 10.5 Å². The van der Waals surface area contributed by atoms with Crippen LogP contribution in [0, 0.1) is 10.1 Å². The number of rotatable bonds is 1. The Morgan fingerprint density at radius 1 is 1.16 bits per heavy atom. The number of fused-ring (bicyclic) bond motifs is 1. The summed E-state index contributed by atoms with van der Waals surface area (Å²) in [5.41, 5.74) is 3.22. The topological polar surface area (TPSA) is 28.7 Å². The van der Waals surface area contributed by atoms with Gasteiger partial charge in [-0.2, -0.15) is 0 Å². The zero-order valence-corrected chi connectivity index (χ0v) is 12.9. The highest BCUT2D eigenvalue weighted by molar-refractivity contribution is 7.71. The van der Waals surface area contributed by atoms with Crippen LogP contribution in [0.5, 0.6) is 0 Å². The summed E-state index contributed by atoms with van der Waals surface area (Å²) >= 11 is 5.51. The van der Waals surface area contributed by atoms with Gasteiger partial charge in [-0.25, -0.2) is 4.98 Å². The largest absolute Gasteiger partial charge is 0.347 e. The van der Waals surface area contributed by atoms with Crippen molar-refractivity contribution >= 4 is 12.2 Å². The second kappa shape index (κ2) is 5.01. The molecule has 2 nitrogen and oxygen atoms in total. The van der Waals surface area contributed by atoms with Crippen LogP contribution in [-0.4, -0.2) is 9.97 Å². The molecular weight excluding hydrogens is 252 g/mol. The lowest BCUT2D eigenvalue weighted by Crippen LogP contribution is -2.22. The molecule has 1 fully saturated rings. The lowest BCUT2D eigenvalue weighted by molar-refractivity contribution is 0.220. The molecule has 0 aliphatic heterocycles. The van der Waals surface area contributed by atoms with Gasteiger partial charge in [0.05, 0.1) is 0 Å². The van der Waals surface area contributed by atoms with E-state index in [1.807, 2.05) is 0 Å². The van der Waals surface area contributed by atoms with Gasteiger partial charge in [0.2, 0.25) is 0 Å². The summed E-state index contributed by atoms with van der Waals surface area (Å²) < 4.78 is 0.869. The average molecular weight is 276 g/mol. The molecule has 19 heavy (non-hydrogen) atoms. The van der Waals surface area contributed by atoms with Gasteiger partial charge in [-0.15, -0.1) is 0 Å². The molecule has 1 aromatic heterocycles. The van der Waals surface area contributed by atoms with Gasteiger partial charge in [0, 0.05) is 17.2 Å². The third kappa shape index (κ3) is 2.76. The molecule has 0 unspecified atom stereocenters.